The van der Waals surface area contributed by atoms with Gasteiger partial charge in [0.25, 0.3) is 0 Å². The van der Waals surface area contributed by atoms with Crippen molar-refractivity contribution in [3.8, 4) is 0 Å². The summed E-state index contributed by atoms with van der Waals surface area (Å²) in [6.07, 6.45) is 0.939. The molecule has 1 aliphatic carbocycles. The van der Waals surface area contributed by atoms with Gasteiger partial charge < -0.3 is 10.6 Å². The first-order chi connectivity index (χ1) is 8.03. The van der Waals surface area contributed by atoms with Gasteiger partial charge in [0.15, 0.2) is 5.11 Å². The predicted molar refractivity (Wildman–Crippen MR) is 64.5 cm³/mol. The van der Waals surface area contributed by atoms with Crippen LogP contribution < -0.4 is 5.73 Å². The molecule has 0 aromatic heterocycles. The SMILES string of the molecule is NC(=S)N1CC2CC2(c2ccc(F)cc2F)C1. The number of likely N-dealkylation sites (tertiary alicyclic amines) is 1. The van der Waals surface area contributed by atoms with Crippen LogP contribution in [0, 0.1) is 17.6 Å². The summed E-state index contributed by atoms with van der Waals surface area (Å²) in [5.41, 5.74) is 5.99. The quantitative estimate of drug-likeness (QED) is 0.775. The molecule has 1 saturated carbocycles. The van der Waals surface area contributed by atoms with Gasteiger partial charge in [-0.05, 0) is 36.2 Å². The topological polar surface area (TPSA) is 29.3 Å². The highest BCUT2D eigenvalue weighted by atomic mass is 32.1. The number of halogens is 2. The Kier molecular flexibility index (Phi) is 2.17. The molecule has 0 radical (unpaired) electrons. The Labute approximate surface area is 103 Å². The zero-order valence-electron chi connectivity index (χ0n) is 9.12. The first-order valence-electron chi connectivity index (χ1n) is 5.53. The summed E-state index contributed by atoms with van der Waals surface area (Å²) in [4.78, 5) is 1.90. The molecule has 1 saturated heterocycles. The van der Waals surface area contributed by atoms with E-state index in [4.69, 9.17) is 18.0 Å². The molecule has 17 heavy (non-hydrogen) atoms. The molecule has 2 nitrogen and oxygen atoms in total. The lowest BCUT2D eigenvalue weighted by atomic mass is 9.94. The highest BCUT2D eigenvalue weighted by Crippen LogP contribution is 2.59. The van der Waals surface area contributed by atoms with Gasteiger partial charge in [-0.15, -0.1) is 0 Å². The molecule has 0 amide bonds. The van der Waals surface area contributed by atoms with Crippen molar-refractivity contribution in [2.75, 3.05) is 13.1 Å². The smallest absolute Gasteiger partial charge is 0.166 e. The van der Waals surface area contributed by atoms with Crippen molar-refractivity contribution in [3.05, 3.63) is 35.4 Å². The molecule has 1 aromatic carbocycles. The first-order valence-corrected chi connectivity index (χ1v) is 5.94. The van der Waals surface area contributed by atoms with Crippen LogP contribution in [0.25, 0.3) is 0 Å². The van der Waals surface area contributed by atoms with Gasteiger partial charge in [-0.2, -0.15) is 0 Å². The summed E-state index contributed by atoms with van der Waals surface area (Å²) >= 11 is 4.93. The zero-order valence-corrected chi connectivity index (χ0v) is 9.94. The van der Waals surface area contributed by atoms with Crippen LogP contribution in [0.5, 0.6) is 0 Å². The van der Waals surface area contributed by atoms with Crippen LogP contribution in [0.3, 0.4) is 0 Å². The number of piperidine rings is 1. The fourth-order valence-corrected chi connectivity index (χ4v) is 3.10. The van der Waals surface area contributed by atoms with Crippen LogP contribution in [0.2, 0.25) is 0 Å². The van der Waals surface area contributed by atoms with Gasteiger partial charge in [0.2, 0.25) is 0 Å². The third-order valence-electron chi connectivity index (χ3n) is 3.92. The fourth-order valence-electron chi connectivity index (χ4n) is 2.96. The van der Waals surface area contributed by atoms with Gasteiger partial charge in [-0.25, -0.2) is 8.78 Å². The third kappa shape index (κ3) is 1.52. The van der Waals surface area contributed by atoms with Gasteiger partial charge in [0, 0.05) is 24.6 Å². The lowest BCUT2D eigenvalue weighted by molar-refractivity contribution is 0.444. The number of nitrogens with two attached hydrogens (primary N) is 1. The van der Waals surface area contributed by atoms with Gasteiger partial charge in [0.05, 0.1) is 0 Å². The first kappa shape index (κ1) is 10.9. The molecule has 2 aliphatic rings. The minimum absolute atomic E-state index is 0.193. The van der Waals surface area contributed by atoms with E-state index in [2.05, 4.69) is 0 Å². The molecular formula is C12H12F2N2S. The second kappa shape index (κ2) is 3.38. The molecule has 2 N–H and O–H groups in total. The number of rotatable bonds is 1. The Morgan fingerprint density at radius 3 is 2.82 bits per heavy atom. The summed E-state index contributed by atoms with van der Waals surface area (Å²) in [5.74, 6) is -0.606. The van der Waals surface area contributed by atoms with E-state index in [0.717, 1.165) is 19.0 Å². The van der Waals surface area contributed by atoms with Crippen molar-refractivity contribution in [2.24, 2.45) is 11.7 Å². The minimum atomic E-state index is -0.538. The molecule has 5 heteroatoms. The molecule has 90 valence electrons. The zero-order chi connectivity index (χ0) is 12.2. The third-order valence-corrected chi connectivity index (χ3v) is 4.18. The molecule has 1 aliphatic heterocycles. The summed E-state index contributed by atoms with van der Waals surface area (Å²) in [7, 11) is 0. The van der Waals surface area contributed by atoms with Crippen molar-refractivity contribution >= 4 is 17.3 Å². The number of nitrogens with zero attached hydrogens (tertiary/aromatic N) is 1. The van der Waals surface area contributed by atoms with Crippen LogP contribution in [-0.2, 0) is 5.41 Å². The molecule has 1 heterocycles. The van der Waals surface area contributed by atoms with E-state index in [1.165, 1.54) is 6.07 Å². The number of hydrogen-bond donors (Lipinski definition) is 1. The maximum Gasteiger partial charge on any atom is 0.166 e. The average Bonchev–Trinajstić information content (AvgIpc) is 2.80. The van der Waals surface area contributed by atoms with Crippen LogP contribution >= 0.6 is 12.2 Å². The van der Waals surface area contributed by atoms with Crippen molar-refractivity contribution in [1.82, 2.24) is 4.90 Å². The van der Waals surface area contributed by atoms with Crippen molar-refractivity contribution in [2.45, 2.75) is 11.8 Å². The van der Waals surface area contributed by atoms with Crippen molar-refractivity contribution in [1.29, 1.82) is 0 Å². The molecule has 2 atom stereocenters. The fraction of sp³-hybridized carbons (Fsp3) is 0.417. The van der Waals surface area contributed by atoms with E-state index in [1.54, 1.807) is 6.07 Å². The van der Waals surface area contributed by atoms with Crippen molar-refractivity contribution in [3.63, 3.8) is 0 Å². The van der Waals surface area contributed by atoms with Gasteiger partial charge in [-0.1, -0.05) is 6.07 Å². The summed E-state index contributed by atoms with van der Waals surface area (Å²) in [6.45, 7) is 1.43. The van der Waals surface area contributed by atoms with Crippen LogP contribution in [0.4, 0.5) is 8.78 Å². The summed E-state index contributed by atoms with van der Waals surface area (Å²) < 4.78 is 26.7. The minimum Gasteiger partial charge on any atom is -0.376 e. The van der Waals surface area contributed by atoms with Crippen LogP contribution in [0.15, 0.2) is 18.2 Å². The van der Waals surface area contributed by atoms with E-state index < -0.39 is 11.6 Å². The monoisotopic (exact) mass is 254 g/mol. The number of benzene rings is 1. The normalized spacial score (nSPS) is 30.2. The molecule has 0 bridgehead atoms. The Hall–Kier alpha value is -1.23. The Morgan fingerprint density at radius 1 is 1.47 bits per heavy atom. The second-order valence-corrected chi connectivity index (χ2v) is 5.32. The maximum absolute atomic E-state index is 13.8. The molecule has 2 fully saturated rings. The summed E-state index contributed by atoms with van der Waals surface area (Å²) in [6, 6.07) is 3.81. The second-order valence-electron chi connectivity index (χ2n) is 4.90. The van der Waals surface area contributed by atoms with E-state index in [9.17, 15) is 8.78 Å². The van der Waals surface area contributed by atoms with Gasteiger partial charge in [0.1, 0.15) is 11.6 Å². The lowest BCUT2D eigenvalue weighted by Crippen LogP contribution is -2.36. The van der Waals surface area contributed by atoms with E-state index >= 15 is 0 Å². The van der Waals surface area contributed by atoms with E-state index in [-0.39, 0.29) is 5.41 Å². The molecule has 2 unspecified atom stereocenters. The van der Waals surface area contributed by atoms with Crippen LogP contribution in [-0.4, -0.2) is 23.1 Å². The maximum atomic E-state index is 13.8. The number of hydrogen-bond acceptors (Lipinski definition) is 1. The van der Waals surface area contributed by atoms with E-state index in [1.807, 2.05) is 4.90 Å². The van der Waals surface area contributed by atoms with Crippen molar-refractivity contribution < 1.29 is 8.78 Å². The van der Waals surface area contributed by atoms with Gasteiger partial charge in [-0.3, -0.25) is 0 Å². The highest BCUT2D eigenvalue weighted by Gasteiger charge is 2.62. The Bertz CT molecular complexity index is 505. The highest BCUT2D eigenvalue weighted by molar-refractivity contribution is 7.80. The Balaban J connectivity index is 1.93. The largest absolute Gasteiger partial charge is 0.376 e. The Morgan fingerprint density at radius 2 is 2.24 bits per heavy atom. The molecule has 3 rings (SSSR count). The number of fused-ring (bicyclic) bond motifs is 1. The lowest BCUT2D eigenvalue weighted by Gasteiger charge is -2.21. The van der Waals surface area contributed by atoms with Crippen LogP contribution in [0.1, 0.15) is 12.0 Å². The standard InChI is InChI=1S/C12H12F2N2S/c13-8-1-2-9(10(14)3-8)12-4-7(12)5-16(6-12)11(15)17/h1-3,7H,4-6H2,(H2,15,17). The average molecular weight is 254 g/mol. The molecular weight excluding hydrogens is 242 g/mol. The number of thiocarbonyl (C=S) groups is 1. The molecule has 0 spiro atoms. The summed E-state index contributed by atoms with van der Waals surface area (Å²) in [5, 5.41) is 0.360. The molecule has 1 aromatic rings. The van der Waals surface area contributed by atoms with Gasteiger partial charge >= 0.3 is 0 Å². The van der Waals surface area contributed by atoms with E-state index in [0.29, 0.717) is 23.1 Å². The predicted octanol–water partition coefficient (Wildman–Crippen LogP) is 1.78.